The van der Waals surface area contributed by atoms with E-state index in [9.17, 15) is 14.4 Å². The molecule has 1 saturated carbocycles. The molecule has 1 aromatic rings. The average Bonchev–Trinajstić information content (AvgIpc) is 3.20. The molecular formula is C20H25N3O3S. The monoisotopic (exact) mass is 387 g/mol. The number of anilines is 1. The molecule has 1 aromatic carbocycles. The molecule has 27 heavy (non-hydrogen) atoms. The van der Waals surface area contributed by atoms with Gasteiger partial charge in [-0.15, -0.1) is 11.8 Å². The van der Waals surface area contributed by atoms with Crippen LogP contribution in [0.3, 0.4) is 0 Å². The summed E-state index contributed by atoms with van der Waals surface area (Å²) in [4.78, 5) is 40.3. The summed E-state index contributed by atoms with van der Waals surface area (Å²) in [7, 11) is 0. The predicted molar refractivity (Wildman–Crippen MR) is 104 cm³/mol. The van der Waals surface area contributed by atoms with Crippen LogP contribution in [0.4, 0.5) is 5.69 Å². The zero-order valence-corrected chi connectivity index (χ0v) is 16.1. The first-order chi connectivity index (χ1) is 13.1. The third kappa shape index (κ3) is 3.98. The Bertz CT molecular complexity index is 740. The van der Waals surface area contributed by atoms with E-state index >= 15 is 0 Å². The van der Waals surface area contributed by atoms with Gasteiger partial charge in [-0.1, -0.05) is 25.0 Å². The van der Waals surface area contributed by atoms with Gasteiger partial charge in [0.2, 0.25) is 17.7 Å². The van der Waals surface area contributed by atoms with Gasteiger partial charge in [0, 0.05) is 29.9 Å². The van der Waals surface area contributed by atoms with Crippen LogP contribution in [0, 0.1) is 5.92 Å². The number of para-hydroxylation sites is 1. The van der Waals surface area contributed by atoms with Crippen molar-refractivity contribution >= 4 is 35.2 Å². The van der Waals surface area contributed by atoms with Crippen LogP contribution in [0.5, 0.6) is 0 Å². The second-order valence-corrected chi connectivity index (χ2v) is 8.72. The lowest BCUT2D eigenvalue weighted by molar-refractivity contribution is -0.137. The summed E-state index contributed by atoms with van der Waals surface area (Å²) < 4.78 is 0. The number of thioether (sulfide) groups is 1. The Morgan fingerprint density at radius 2 is 1.78 bits per heavy atom. The Hall–Kier alpha value is -2.02. The minimum Gasteiger partial charge on any atom is -0.353 e. The van der Waals surface area contributed by atoms with Crippen LogP contribution in [0.1, 0.15) is 38.5 Å². The van der Waals surface area contributed by atoms with Crippen LogP contribution in [-0.2, 0) is 14.4 Å². The SMILES string of the molecule is O=C(NC1CCCC1)C1CCN(C(=O)[C@@H]2Sc3ccccc3NC2=O)CC1. The lowest BCUT2D eigenvalue weighted by Gasteiger charge is -2.34. The highest BCUT2D eigenvalue weighted by Crippen LogP contribution is 2.36. The van der Waals surface area contributed by atoms with Gasteiger partial charge in [0.25, 0.3) is 0 Å². The summed E-state index contributed by atoms with van der Waals surface area (Å²) in [6, 6.07) is 7.86. The molecule has 1 saturated heterocycles. The first kappa shape index (κ1) is 18.3. The summed E-state index contributed by atoms with van der Waals surface area (Å²) in [5.41, 5.74) is 0.763. The van der Waals surface area contributed by atoms with Crippen molar-refractivity contribution in [2.24, 2.45) is 5.92 Å². The second kappa shape index (κ2) is 7.92. The number of nitrogens with one attached hydrogen (secondary N) is 2. The molecule has 0 radical (unpaired) electrons. The van der Waals surface area contributed by atoms with E-state index in [2.05, 4.69) is 10.6 Å². The summed E-state index contributed by atoms with van der Waals surface area (Å²) in [5.74, 6) is -0.303. The molecule has 7 heteroatoms. The van der Waals surface area contributed by atoms with Crippen LogP contribution in [0.2, 0.25) is 0 Å². The van der Waals surface area contributed by atoms with Crippen molar-refractivity contribution in [3.63, 3.8) is 0 Å². The standard InChI is InChI=1S/C20H25N3O3S/c24-18(21-14-5-1-2-6-14)13-9-11-23(12-10-13)20(26)17-19(25)22-15-7-3-4-8-16(15)27-17/h3-4,7-8,13-14,17H,1-2,5-6,9-12H2,(H,21,24)(H,22,25)/t17-/m1/s1. The van der Waals surface area contributed by atoms with Gasteiger partial charge in [-0.05, 0) is 37.8 Å². The zero-order chi connectivity index (χ0) is 18.8. The Labute approximate surface area is 163 Å². The first-order valence-corrected chi connectivity index (χ1v) is 10.7. The molecule has 6 nitrogen and oxygen atoms in total. The Balaban J connectivity index is 1.32. The Morgan fingerprint density at radius 3 is 2.52 bits per heavy atom. The number of carbonyl (C=O) groups is 3. The van der Waals surface area contributed by atoms with Gasteiger partial charge in [-0.2, -0.15) is 0 Å². The number of hydrogen-bond donors (Lipinski definition) is 2. The Morgan fingerprint density at radius 1 is 1.07 bits per heavy atom. The van der Waals surface area contributed by atoms with Gasteiger partial charge in [-0.3, -0.25) is 14.4 Å². The molecule has 2 N–H and O–H groups in total. The largest absolute Gasteiger partial charge is 0.353 e. The number of benzene rings is 1. The fourth-order valence-corrected chi connectivity index (χ4v) is 5.20. The van der Waals surface area contributed by atoms with Crippen molar-refractivity contribution in [3.8, 4) is 0 Å². The van der Waals surface area contributed by atoms with Gasteiger partial charge in [0.15, 0.2) is 5.25 Å². The molecule has 1 atom stereocenters. The maximum atomic E-state index is 12.9. The maximum Gasteiger partial charge on any atom is 0.247 e. The topological polar surface area (TPSA) is 78.5 Å². The second-order valence-electron chi connectivity index (χ2n) is 7.57. The van der Waals surface area contributed by atoms with Crippen molar-refractivity contribution in [2.45, 2.75) is 54.7 Å². The highest BCUT2D eigenvalue weighted by atomic mass is 32.2. The molecule has 2 aliphatic heterocycles. The molecule has 4 rings (SSSR count). The third-order valence-electron chi connectivity index (χ3n) is 5.73. The van der Waals surface area contributed by atoms with Crippen LogP contribution in [-0.4, -0.2) is 47.0 Å². The molecule has 144 valence electrons. The van der Waals surface area contributed by atoms with Gasteiger partial charge in [0.05, 0.1) is 5.69 Å². The minimum atomic E-state index is -0.747. The van der Waals surface area contributed by atoms with Crippen molar-refractivity contribution in [3.05, 3.63) is 24.3 Å². The third-order valence-corrected chi connectivity index (χ3v) is 6.99. The Kier molecular flexibility index (Phi) is 5.38. The quantitative estimate of drug-likeness (QED) is 0.781. The molecule has 1 aliphatic carbocycles. The zero-order valence-electron chi connectivity index (χ0n) is 15.3. The van der Waals surface area contributed by atoms with E-state index in [0.29, 0.717) is 32.0 Å². The van der Waals surface area contributed by atoms with Crippen LogP contribution >= 0.6 is 11.8 Å². The molecule has 0 bridgehead atoms. The molecule has 0 unspecified atom stereocenters. The summed E-state index contributed by atoms with van der Waals surface area (Å²) in [6.45, 7) is 1.07. The van der Waals surface area contributed by atoms with Crippen LogP contribution in [0.25, 0.3) is 0 Å². The molecule has 2 heterocycles. The van der Waals surface area contributed by atoms with E-state index in [0.717, 1.165) is 23.4 Å². The normalized spacial score (nSPS) is 23.6. The van der Waals surface area contributed by atoms with E-state index in [1.54, 1.807) is 4.90 Å². The lowest BCUT2D eigenvalue weighted by Crippen LogP contribution is -2.49. The number of likely N-dealkylation sites (tertiary alicyclic amines) is 1. The van der Waals surface area contributed by atoms with E-state index < -0.39 is 5.25 Å². The van der Waals surface area contributed by atoms with Crippen molar-refractivity contribution < 1.29 is 14.4 Å². The number of hydrogen-bond acceptors (Lipinski definition) is 4. The number of nitrogens with zero attached hydrogens (tertiary/aromatic N) is 1. The van der Waals surface area contributed by atoms with Crippen molar-refractivity contribution in [1.82, 2.24) is 10.2 Å². The smallest absolute Gasteiger partial charge is 0.247 e. The van der Waals surface area contributed by atoms with Gasteiger partial charge in [-0.25, -0.2) is 0 Å². The predicted octanol–water partition coefficient (Wildman–Crippen LogP) is 2.40. The highest BCUT2D eigenvalue weighted by Gasteiger charge is 2.37. The van der Waals surface area contributed by atoms with Gasteiger partial charge < -0.3 is 15.5 Å². The molecular weight excluding hydrogens is 362 g/mol. The summed E-state index contributed by atoms with van der Waals surface area (Å²) >= 11 is 1.31. The van der Waals surface area contributed by atoms with Crippen molar-refractivity contribution in [1.29, 1.82) is 0 Å². The summed E-state index contributed by atoms with van der Waals surface area (Å²) in [6.07, 6.45) is 5.89. The fraction of sp³-hybridized carbons (Fsp3) is 0.550. The van der Waals surface area contributed by atoms with E-state index in [1.807, 2.05) is 24.3 Å². The summed E-state index contributed by atoms with van der Waals surface area (Å²) in [5, 5.41) is 5.24. The minimum absolute atomic E-state index is 0.0248. The fourth-order valence-electron chi connectivity index (χ4n) is 4.13. The number of amides is 3. The molecule has 3 aliphatic rings. The maximum absolute atomic E-state index is 12.9. The molecule has 0 aromatic heterocycles. The lowest BCUT2D eigenvalue weighted by atomic mass is 9.95. The number of piperidine rings is 1. The highest BCUT2D eigenvalue weighted by molar-refractivity contribution is 8.01. The van der Waals surface area contributed by atoms with Gasteiger partial charge in [0.1, 0.15) is 0 Å². The molecule has 0 spiro atoms. The average molecular weight is 388 g/mol. The first-order valence-electron chi connectivity index (χ1n) is 9.77. The number of rotatable bonds is 3. The number of carbonyl (C=O) groups excluding carboxylic acids is 3. The van der Waals surface area contributed by atoms with E-state index in [4.69, 9.17) is 0 Å². The molecule has 3 amide bonds. The van der Waals surface area contributed by atoms with Crippen molar-refractivity contribution in [2.75, 3.05) is 18.4 Å². The number of fused-ring (bicyclic) bond motifs is 1. The molecule has 2 fully saturated rings. The van der Waals surface area contributed by atoms with Crippen LogP contribution in [0.15, 0.2) is 29.2 Å². The van der Waals surface area contributed by atoms with Gasteiger partial charge >= 0.3 is 0 Å². The van der Waals surface area contributed by atoms with E-state index in [1.165, 1.54) is 24.6 Å². The van der Waals surface area contributed by atoms with E-state index in [-0.39, 0.29) is 23.6 Å². The van der Waals surface area contributed by atoms with Crippen LogP contribution < -0.4 is 10.6 Å².